The summed E-state index contributed by atoms with van der Waals surface area (Å²) in [6.45, 7) is 2.03. The highest BCUT2D eigenvalue weighted by atomic mass is 35.5. The van der Waals surface area contributed by atoms with Crippen LogP contribution in [0.4, 0.5) is 11.4 Å². The number of methoxy groups -OCH3 is 1. The molecule has 130 valence electrons. The maximum Gasteiger partial charge on any atom is 0.337 e. The molecule has 0 radical (unpaired) electrons. The Hall–Kier alpha value is -2.60. The van der Waals surface area contributed by atoms with Gasteiger partial charge in [-0.15, -0.1) is 0 Å². The second kappa shape index (κ2) is 7.53. The fourth-order valence-corrected chi connectivity index (χ4v) is 2.90. The lowest BCUT2D eigenvalue weighted by molar-refractivity contribution is 0.0600. The Morgan fingerprint density at radius 1 is 1.20 bits per heavy atom. The van der Waals surface area contributed by atoms with Gasteiger partial charge in [0.05, 0.1) is 35.3 Å². The Morgan fingerprint density at radius 2 is 1.96 bits per heavy atom. The minimum absolute atomic E-state index is 0.280. The number of nitrogens with one attached hydrogen (secondary N) is 1. The molecule has 1 aromatic carbocycles. The van der Waals surface area contributed by atoms with Crippen LogP contribution in [0.3, 0.4) is 0 Å². The zero-order valence-electron chi connectivity index (χ0n) is 13.8. The van der Waals surface area contributed by atoms with E-state index in [1.54, 1.807) is 12.3 Å². The number of carbonyl (C=O) groups is 2. The van der Waals surface area contributed by atoms with Crippen LogP contribution in [0.5, 0.6) is 0 Å². The molecule has 1 saturated heterocycles. The van der Waals surface area contributed by atoms with Crippen molar-refractivity contribution in [2.24, 2.45) is 0 Å². The smallest absolute Gasteiger partial charge is 0.337 e. The van der Waals surface area contributed by atoms with Crippen LogP contribution in [0.25, 0.3) is 0 Å². The van der Waals surface area contributed by atoms with Gasteiger partial charge in [-0.1, -0.05) is 11.6 Å². The van der Waals surface area contributed by atoms with E-state index in [1.807, 2.05) is 6.07 Å². The van der Waals surface area contributed by atoms with Gasteiger partial charge in [-0.25, -0.2) is 9.78 Å². The van der Waals surface area contributed by atoms with E-state index < -0.39 is 11.9 Å². The molecule has 1 fully saturated rings. The van der Waals surface area contributed by atoms with Crippen LogP contribution in [0.1, 0.15) is 33.7 Å². The highest BCUT2D eigenvalue weighted by molar-refractivity contribution is 6.34. The van der Waals surface area contributed by atoms with Gasteiger partial charge in [0, 0.05) is 13.1 Å². The molecule has 0 aliphatic carbocycles. The third-order valence-electron chi connectivity index (χ3n) is 4.09. The van der Waals surface area contributed by atoms with Gasteiger partial charge in [0.2, 0.25) is 0 Å². The van der Waals surface area contributed by atoms with Crippen molar-refractivity contribution < 1.29 is 14.3 Å². The van der Waals surface area contributed by atoms with Crippen molar-refractivity contribution in [3.63, 3.8) is 0 Å². The van der Waals surface area contributed by atoms with Gasteiger partial charge in [0.15, 0.2) is 0 Å². The fraction of sp³-hybridized carbons (Fsp3) is 0.278. The zero-order valence-corrected chi connectivity index (χ0v) is 14.5. The summed E-state index contributed by atoms with van der Waals surface area (Å²) in [6.07, 6.45) is 4.06. The van der Waals surface area contributed by atoms with Gasteiger partial charge in [0.1, 0.15) is 5.69 Å². The molecule has 25 heavy (non-hydrogen) atoms. The van der Waals surface area contributed by atoms with E-state index in [0.717, 1.165) is 18.8 Å². The van der Waals surface area contributed by atoms with Gasteiger partial charge in [-0.3, -0.25) is 4.79 Å². The largest absolute Gasteiger partial charge is 0.465 e. The number of amides is 1. The minimum Gasteiger partial charge on any atom is -0.465 e. The molecule has 7 heteroatoms. The summed E-state index contributed by atoms with van der Waals surface area (Å²) in [7, 11) is 1.29. The molecule has 2 aromatic rings. The van der Waals surface area contributed by atoms with Crippen LogP contribution in [0.2, 0.25) is 5.02 Å². The summed E-state index contributed by atoms with van der Waals surface area (Å²) in [4.78, 5) is 30.5. The molecule has 1 aromatic heterocycles. The molecule has 2 heterocycles. The van der Waals surface area contributed by atoms with Crippen molar-refractivity contribution in [1.29, 1.82) is 0 Å². The van der Waals surface area contributed by atoms with Gasteiger partial charge < -0.3 is 15.0 Å². The fourth-order valence-electron chi connectivity index (χ4n) is 2.74. The van der Waals surface area contributed by atoms with E-state index in [9.17, 15) is 9.59 Å². The van der Waals surface area contributed by atoms with Gasteiger partial charge in [-0.05, 0) is 43.2 Å². The first-order chi connectivity index (χ1) is 12.1. The molecular weight excluding hydrogens is 342 g/mol. The molecule has 0 spiro atoms. The van der Waals surface area contributed by atoms with Crippen molar-refractivity contribution in [1.82, 2.24) is 4.98 Å². The molecule has 0 atom stereocenters. The Balaban J connectivity index is 1.74. The monoisotopic (exact) mass is 359 g/mol. The van der Waals surface area contributed by atoms with Crippen LogP contribution in [0.15, 0.2) is 36.5 Å². The summed E-state index contributed by atoms with van der Waals surface area (Å²) >= 11 is 6.09. The number of halogens is 1. The van der Waals surface area contributed by atoms with Crippen molar-refractivity contribution in [2.75, 3.05) is 30.4 Å². The second-order valence-corrected chi connectivity index (χ2v) is 6.14. The number of pyridine rings is 1. The highest BCUT2D eigenvalue weighted by Gasteiger charge is 2.15. The Morgan fingerprint density at radius 3 is 2.60 bits per heavy atom. The third kappa shape index (κ3) is 3.91. The molecule has 0 bridgehead atoms. The van der Waals surface area contributed by atoms with Crippen molar-refractivity contribution in [3.05, 3.63) is 52.8 Å². The molecule has 1 aliphatic heterocycles. The first kappa shape index (κ1) is 17.2. The first-order valence-corrected chi connectivity index (χ1v) is 8.36. The molecule has 6 nitrogen and oxygen atoms in total. The van der Waals surface area contributed by atoms with E-state index in [0.29, 0.717) is 16.3 Å². The molecular formula is C18H18ClN3O3. The summed E-state index contributed by atoms with van der Waals surface area (Å²) in [5.74, 6) is -0.892. The van der Waals surface area contributed by atoms with E-state index >= 15 is 0 Å². The number of nitrogens with zero attached hydrogens (tertiary/aromatic N) is 2. The number of benzene rings is 1. The van der Waals surface area contributed by atoms with Gasteiger partial charge >= 0.3 is 5.97 Å². The number of ether oxygens (including phenoxy) is 1. The second-order valence-electron chi connectivity index (χ2n) is 5.74. The SMILES string of the molecule is COC(=O)c1ccc(Cl)c(NC(=O)c2ccc(N3CCCC3)cn2)c1. The third-order valence-corrected chi connectivity index (χ3v) is 4.42. The number of hydrogen-bond donors (Lipinski definition) is 1. The van der Waals surface area contributed by atoms with E-state index in [1.165, 1.54) is 38.2 Å². The normalized spacial score (nSPS) is 13.6. The van der Waals surface area contributed by atoms with E-state index in [2.05, 4.69) is 19.9 Å². The lowest BCUT2D eigenvalue weighted by atomic mass is 10.2. The average Bonchev–Trinajstić information content (AvgIpc) is 3.17. The topological polar surface area (TPSA) is 71.5 Å². The number of hydrogen-bond acceptors (Lipinski definition) is 5. The van der Waals surface area contributed by atoms with Gasteiger partial charge in [0.25, 0.3) is 5.91 Å². The maximum atomic E-state index is 12.4. The van der Waals surface area contributed by atoms with Gasteiger partial charge in [-0.2, -0.15) is 0 Å². The molecule has 3 rings (SSSR count). The Bertz CT molecular complexity index is 787. The van der Waals surface area contributed by atoms with Crippen LogP contribution in [-0.4, -0.2) is 37.1 Å². The summed E-state index contributed by atoms with van der Waals surface area (Å²) < 4.78 is 4.67. The molecule has 1 aliphatic rings. The summed E-state index contributed by atoms with van der Waals surface area (Å²) in [6, 6.07) is 8.12. The quantitative estimate of drug-likeness (QED) is 0.847. The molecule has 1 amide bonds. The number of esters is 1. The van der Waals surface area contributed by atoms with Crippen molar-refractivity contribution in [3.8, 4) is 0 Å². The summed E-state index contributed by atoms with van der Waals surface area (Å²) in [5.41, 5.74) is 1.93. The van der Waals surface area contributed by atoms with E-state index in [4.69, 9.17) is 11.6 Å². The number of anilines is 2. The molecule has 0 saturated carbocycles. The predicted molar refractivity (Wildman–Crippen MR) is 96.4 cm³/mol. The van der Waals surface area contributed by atoms with Crippen LogP contribution < -0.4 is 10.2 Å². The van der Waals surface area contributed by atoms with E-state index in [-0.39, 0.29) is 5.69 Å². The Labute approximate surface area is 150 Å². The molecule has 1 N–H and O–H groups in total. The standard InChI is InChI=1S/C18H18ClN3O3/c1-25-18(24)12-4-6-14(19)16(10-12)21-17(23)15-7-5-13(11-20-15)22-8-2-3-9-22/h4-7,10-11H,2-3,8-9H2,1H3,(H,21,23). The first-order valence-electron chi connectivity index (χ1n) is 7.98. The van der Waals surface area contributed by atoms with Crippen LogP contribution in [-0.2, 0) is 4.74 Å². The average molecular weight is 360 g/mol. The zero-order chi connectivity index (χ0) is 17.8. The number of aromatic nitrogens is 1. The van der Waals surface area contributed by atoms with Crippen LogP contribution in [0, 0.1) is 0 Å². The number of rotatable bonds is 4. The minimum atomic E-state index is -0.500. The van der Waals surface area contributed by atoms with Crippen molar-refractivity contribution in [2.45, 2.75) is 12.8 Å². The Kier molecular flexibility index (Phi) is 5.19. The van der Waals surface area contributed by atoms with Crippen LogP contribution >= 0.6 is 11.6 Å². The molecule has 0 unspecified atom stereocenters. The summed E-state index contributed by atoms with van der Waals surface area (Å²) in [5, 5.41) is 3.01. The predicted octanol–water partition coefficient (Wildman–Crippen LogP) is 3.37. The van der Waals surface area contributed by atoms with Crippen molar-refractivity contribution >= 4 is 34.9 Å². The maximum absolute atomic E-state index is 12.4. The lowest BCUT2D eigenvalue weighted by Gasteiger charge is -2.17. The lowest BCUT2D eigenvalue weighted by Crippen LogP contribution is -2.19. The number of carbonyl (C=O) groups excluding carboxylic acids is 2. The highest BCUT2D eigenvalue weighted by Crippen LogP contribution is 2.24.